The van der Waals surface area contributed by atoms with E-state index >= 15 is 0 Å². The van der Waals surface area contributed by atoms with E-state index in [0.717, 1.165) is 0 Å². The molecule has 0 spiro atoms. The molecule has 0 aromatic heterocycles. The van der Waals surface area contributed by atoms with Crippen LogP contribution in [0, 0.1) is 16.0 Å². The highest BCUT2D eigenvalue weighted by molar-refractivity contribution is 7.95. The maximum Gasteiger partial charge on any atom is 0.509 e. The van der Waals surface area contributed by atoms with Gasteiger partial charge in [-0.1, -0.05) is 0 Å². The largest absolute Gasteiger partial charge is 0.612 e. The van der Waals surface area contributed by atoms with Crippen LogP contribution in [0.1, 0.15) is 25.8 Å². The molecule has 4 unspecified atom stereocenters. The Balaban J connectivity index is 1.53. The highest BCUT2D eigenvalue weighted by Crippen LogP contribution is 2.50. The van der Waals surface area contributed by atoms with Crippen LogP contribution in [-0.2, 0) is 46.4 Å². The number of hydrogen-bond acceptors (Lipinski definition) is 10. The Morgan fingerprint density at radius 3 is 2.58 bits per heavy atom. The standard InChI is InChI=1S/C22H23N3O10S/c1-12(26)23-7-8-36(32)16-9-15-17(22(2)11-34-21(29)35-22)19(27)24(15)18(16)20(28)33-10-13-3-5-14(6-4-13)25(30)31/h3-6,15,17H,7-11H2,1-2H3,(H,23,26). The third-order valence-corrected chi connectivity index (χ3v) is 7.70. The summed E-state index contributed by atoms with van der Waals surface area (Å²) in [7, 11) is 0. The lowest BCUT2D eigenvalue weighted by atomic mass is 9.75. The third kappa shape index (κ3) is 4.73. The van der Waals surface area contributed by atoms with Gasteiger partial charge in [0.25, 0.3) is 5.69 Å². The Labute approximate surface area is 208 Å². The van der Waals surface area contributed by atoms with E-state index in [2.05, 4.69) is 5.32 Å². The summed E-state index contributed by atoms with van der Waals surface area (Å²) in [4.78, 5) is 60.6. The van der Waals surface area contributed by atoms with Crippen molar-refractivity contribution in [3.05, 3.63) is 50.5 Å². The van der Waals surface area contributed by atoms with Crippen molar-refractivity contribution in [2.45, 2.75) is 38.5 Å². The van der Waals surface area contributed by atoms with Crippen LogP contribution < -0.4 is 5.32 Å². The van der Waals surface area contributed by atoms with Gasteiger partial charge in [-0.25, -0.2) is 9.59 Å². The zero-order valence-corrected chi connectivity index (χ0v) is 20.2. The molecule has 4 atom stereocenters. The van der Waals surface area contributed by atoms with Crippen LogP contribution in [0.3, 0.4) is 0 Å². The van der Waals surface area contributed by atoms with E-state index in [1.165, 1.54) is 36.1 Å². The fourth-order valence-electron chi connectivity index (χ4n) is 4.51. The molecule has 3 heterocycles. The van der Waals surface area contributed by atoms with Gasteiger partial charge in [0.1, 0.15) is 24.9 Å². The van der Waals surface area contributed by atoms with Gasteiger partial charge in [0, 0.05) is 25.5 Å². The average molecular weight is 522 g/mol. The molecular formula is C22H23N3O10S. The maximum atomic E-state index is 13.1. The number of carbonyl (C=O) groups is 4. The second-order valence-corrected chi connectivity index (χ2v) is 10.3. The number of hydrogen-bond donors (Lipinski definition) is 1. The zero-order chi connectivity index (χ0) is 26.2. The smallest absolute Gasteiger partial charge is 0.509 e. The molecule has 2 fully saturated rings. The molecule has 3 aliphatic rings. The number of nitro benzene ring substituents is 1. The lowest BCUT2D eigenvalue weighted by molar-refractivity contribution is -0.384. The fourth-order valence-corrected chi connectivity index (χ4v) is 5.80. The van der Waals surface area contributed by atoms with E-state index in [1.807, 2.05) is 0 Å². The molecule has 3 aliphatic heterocycles. The summed E-state index contributed by atoms with van der Waals surface area (Å²) in [5.74, 6) is -2.45. The Morgan fingerprint density at radius 2 is 2.00 bits per heavy atom. The number of fused-ring (bicyclic) bond motifs is 1. The van der Waals surface area contributed by atoms with Crippen molar-refractivity contribution in [3.8, 4) is 0 Å². The van der Waals surface area contributed by atoms with Gasteiger partial charge in [0.15, 0.2) is 16.2 Å². The number of rotatable bonds is 9. The van der Waals surface area contributed by atoms with Crippen molar-refractivity contribution in [2.24, 2.45) is 5.92 Å². The number of benzene rings is 1. The van der Waals surface area contributed by atoms with Gasteiger partial charge < -0.3 is 24.1 Å². The topological polar surface area (TPSA) is 177 Å². The number of carbonyl (C=O) groups excluding carboxylic acids is 4. The molecule has 36 heavy (non-hydrogen) atoms. The van der Waals surface area contributed by atoms with E-state index < -0.39 is 51.7 Å². The first-order chi connectivity index (χ1) is 17.0. The lowest BCUT2D eigenvalue weighted by Crippen LogP contribution is -2.66. The molecule has 0 bridgehead atoms. The van der Waals surface area contributed by atoms with E-state index in [0.29, 0.717) is 5.56 Å². The zero-order valence-electron chi connectivity index (χ0n) is 19.4. The predicted octanol–water partition coefficient (Wildman–Crippen LogP) is 0.891. The number of ether oxygens (including phenoxy) is 3. The number of β-lactam (4-membered cyclic amide) rings is 1. The van der Waals surface area contributed by atoms with Gasteiger partial charge in [-0.15, -0.1) is 0 Å². The summed E-state index contributed by atoms with van der Waals surface area (Å²) in [5.41, 5.74) is -1.01. The Morgan fingerprint density at radius 1 is 1.31 bits per heavy atom. The minimum Gasteiger partial charge on any atom is -0.612 e. The Bertz CT molecular complexity index is 1150. The molecule has 4 rings (SSSR count). The summed E-state index contributed by atoms with van der Waals surface area (Å²) in [6, 6.07) is 4.82. The van der Waals surface area contributed by atoms with Gasteiger partial charge in [0.05, 0.1) is 17.5 Å². The van der Waals surface area contributed by atoms with Crippen LogP contribution in [0.2, 0.25) is 0 Å². The summed E-state index contributed by atoms with van der Waals surface area (Å²) in [6.45, 7) is 2.62. The highest BCUT2D eigenvalue weighted by atomic mass is 32.2. The molecule has 0 aliphatic carbocycles. The fraction of sp³-hybridized carbons (Fsp3) is 0.455. The van der Waals surface area contributed by atoms with E-state index in [4.69, 9.17) is 14.2 Å². The monoisotopic (exact) mass is 521 g/mol. The molecule has 0 radical (unpaired) electrons. The molecule has 1 N–H and O–H groups in total. The summed E-state index contributed by atoms with van der Waals surface area (Å²) in [6.07, 6.45) is -0.797. The van der Waals surface area contributed by atoms with E-state index in [-0.39, 0.29) is 54.1 Å². The SMILES string of the molecule is CC(=O)NCC[S+]([O-])C1=C(C(=O)OCc2ccc([N+](=O)[O-])cc2)N2C(=O)C(C3(C)COC(=O)O3)C2C1. The number of nitrogens with one attached hydrogen (secondary N) is 1. The van der Waals surface area contributed by atoms with Gasteiger partial charge in [-0.3, -0.25) is 24.6 Å². The van der Waals surface area contributed by atoms with Crippen LogP contribution in [0.25, 0.3) is 0 Å². The first-order valence-electron chi connectivity index (χ1n) is 11.0. The number of amides is 2. The van der Waals surface area contributed by atoms with Crippen LogP contribution in [0.15, 0.2) is 34.9 Å². The van der Waals surface area contributed by atoms with Gasteiger partial charge in [-0.05, 0) is 35.8 Å². The number of non-ortho nitro benzene ring substituents is 1. The first kappa shape index (κ1) is 25.4. The minimum absolute atomic E-state index is 0.0167. The van der Waals surface area contributed by atoms with Gasteiger partial charge in [-0.2, -0.15) is 0 Å². The van der Waals surface area contributed by atoms with Crippen molar-refractivity contribution in [1.82, 2.24) is 10.2 Å². The normalized spacial score (nSPS) is 25.5. The molecule has 1 aromatic carbocycles. The lowest BCUT2D eigenvalue weighted by Gasteiger charge is -2.47. The molecule has 2 amide bonds. The molecule has 0 saturated carbocycles. The average Bonchev–Trinajstić information content (AvgIpc) is 3.34. The van der Waals surface area contributed by atoms with Crippen molar-refractivity contribution >= 4 is 40.8 Å². The molecule has 192 valence electrons. The minimum atomic E-state index is -1.72. The maximum absolute atomic E-state index is 13.1. The molecule has 14 heteroatoms. The van der Waals surface area contributed by atoms with E-state index in [1.54, 1.807) is 6.92 Å². The van der Waals surface area contributed by atoms with Crippen molar-refractivity contribution in [1.29, 1.82) is 0 Å². The quantitative estimate of drug-likeness (QED) is 0.161. The number of nitro groups is 1. The van der Waals surface area contributed by atoms with Crippen LogP contribution in [0.4, 0.5) is 10.5 Å². The number of cyclic esters (lactones) is 2. The van der Waals surface area contributed by atoms with Gasteiger partial charge in [0.2, 0.25) is 11.8 Å². The van der Waals surface area contributed by atoms with Gasteiger partial charge >= 0.3 is 12.1 Å². The van der Waals surface area contributed by atoms with E-state index in [9.17, 15) is 33.8 Å². The first-order valence-corrected chi connectivity index (χ1v) is 12.3. The summed E-state index contributed by atoms with van der Waals surface area (Å²) in [5, 5.41) is 13.4. The van der Waals surface area contributed by atoms with Crippen molar-refractivity contribution in [3.63, 3.8) is 0 Å². The third-order valence-electron chi connectivity index (χ3n) is 6.22. The number of esters is 1. The predicted molar refractivity (Wildman–Crippen MR) is 121 cm³/mol. The second kappa shape index (κ2) is 9.78. The van der Waals surface area contributed by atoms with Crippen LogP contribution >= 0.6 is 0 Å². The molecular weight excluding hydrogens is 498 g/mol. The second-order valence-electron chi connectivity index (χ2n) is 8.71. The molecule has 2 saturated heterocycles. The molecule has 13 nitrogen and oxygen atoms in total. The Kier molecular flexibility index (Phi) is 6.91. The van der Waals surface area contributed by atoms with Crippen LogP contribution in [-0.4, -0.2) is 68.9 Å². The number of nitrogens with zero attached hydrogens (tertiary/aromatic N) is 2. The van der Waals surface area contributed by atoms with Crippen molar-refractivity contribution < 1.29 is 42.9 Å². The highest BCUT2D eigenvalue weighted by Gasteiger charge is 2.66. The van der Waals surface area contributed by atoms with Crippen LogP contribution in [0.5, 0.6) is 0 Å². The van der Waals surface area contributed by atoms with Crippen molar-refractivity contribution in [2.75, 3.05) is 18.9 Å². The summed E-state index contributed by atoms with van der Waals surface area (Å²) >= 11 is -1.72. The molecule has 1 aromatic rings. The Hall–Kier alpha value is -3.65. The summed E-state index contributed by atoms with van der Waals surface area (Å²) < 4.78 is 28.6.